The second-order valence-electron chi connectivity index (χ2n) is 3.92. The van der Waals surface area contributed by atoms with Crippen LogP contribution in [0, 0.1) is 6.92 Å². The van der Waals surface area contributed by atoms with E-state index in [1.54, 1.807) is 14.0 Å². The molecule has 1 amide bonds. The molecule has 1 heterocycles. The van der Waals surface area contributed by atoms with Crippen molar-refractivity contribution in [3.63, 3.8) is 0 Å². The monoisotopic (exact) mass is 240 g/mol. The summed E-state index contributed by atoms with van der Waals surface area (Å²) in [6, 6.07) is 0. The largest absolute Gasteiger partial charge is 0.395 e. The van der Waals surface area contributed by atoms with Crippen LogP contribution in [0.3, 0.4) is 0 Å². The summed E-state index contributed by atoms with van der Waals surface area (Å²) in [5, 5.41) is 9.33. The van der Waals surface area contributed by atoms with Gasteiger partial charge in [-0.05, 0) is 26.2 Å². The van der Waals surface area contributed by atoms with Crippen molar-refractivity contribution in [2.75, 3.05) is 26.0 Å². The van der Waals surface area contributed by atoms with E-state index in [2.05, 4.69) is 15.5 Å². The van der Waals surface area contributed by atoms with Gasteiger partial charge < -0.3 is 15.8 Å². The number of ether oxygens (including phenoxy) is 1. The maximum atomic E-state index is 11.7. The van der Waals surface area contributed by atoms with E-state index < -0.39 is 0 Å². The number of nitrogens with two attached hydrogens (primary N) is 1. The number of amides is 1. The van der Waals surface area contributed by atoms with Gasteiger partial charge in [0.15, 0.2) is 5.69 Å². The number of aromatic nitrogens is 2. The zero-order chi connectivity index (χ0) is 12.7. The molecule has 0 aliphatic heterocycles. The van der Waals surface area contributed by atoms with E-state index in [0.717, 1.165) is 31.6 Å². The van der Waals surface area contributed by atoms with Gasteiger partial charge in [-0.2, -0.15) is 5.10 Å². The van der Waals surface area contributed by atoms with Crippen molar-refractivity contribution in [3.8, 4) is 0 Å². The Hall–Kier alpha value is -1.56. The number of anilines is 1. The fraction of sp³-hybridized carbons (Fsp3) is 0.636. The van der Waals surface area contributed by atoms with Crippen molar-refractivity contribution < 1.29 is 9.53 Å². The SMILES string of the molecule is COCCCCCNC(=O)c1n[nH]c(C)c1N. The molecule has 1 aromatic heterocycles. The summed E-state index contributed by atoms with van der Waals surface area (Å²) in [5.41, 5.74) is 7.12. The summed E-state index contributed by atoms with van der Waals surface area (Å²) in [6.45, 7) is 3.18. The Morgan fingerprint density at radius 1 is 1.47 bits per heavy atom. The minimum absolute atomic E-state index is 0.224. The highest BCUT2D eigenvalue weighted by atomic mass is 16.5. The first kappa shape index (κ1) is 13.5. The average molecular weight is 240 g/mol. The smallest absolute Gasteiger partial charge is 0.273 e. The standard InChI is InChI=1S/C11H20N4O2/c1-8-9(12)10(15-14-8)11(16)13-6-4-3-5-7-17-2/h3-7,12H2,1-2H3,(H,13,16)(H,14,15). The summed E-state index contributed by atoms with van der Waals surface area (Å²) in [5.74, 6) is -0.224. The zero-order valence-corrected chi connectivity index (χ0v) is 10.4. The molecule has 0 aromatic carbocycles. The fourth-order valence-electron chi connectivity index (χ4n) is 1.44. The number of H-pyrrole nitrogens is 1. The lowest BCUT2D eigenvalue weighted by Crippen LogP contribution is -2.25. The first-order chi connectivity index (χ1) is 8.16. The molecular weight excluding hydrogens is 220 g/mol. The molecule has 17 heavy (non-hydrogen) atoms. The van der Waals surface area contributed by atoms with Crippen LogP contribution >= 0.6 is 0 Å². The molecule has 6 nitrogen and oxygen atoms in total. The van der Waals surface area contributed by atoms with Crippen LogP contribution in [0.1, 0.15) is 35.4 Å². The topological polar surface area (TPSA) is 93.0 Å². The molecule has 0 saturated heterocycles. The first-order valence-corrected chi connectivity index (χ1v) is 5.74. The number of hydrogen-bond acceptors (Lipinski definition) is 4. The van der Waals surface area contributed by atoms with E-state index in [0.29, 0.717) is 12.2 Å². The van der Waals surface area contributed by atoms with Crippen LogP contribution in [0.15, 0.2) is 0 Å². The lowest BCUT2D eigenvalue weighted by Gasteiger charge is -2.03. The normalized spacial score (nSPS) is 10.5. The Kier molecular flexibility index (Phi) is 5.48. The van der Waals surface area contributed by atoms with Crippen molar-refractivity contribution in [2.45, 2.75) is 26.2 Å². The third-order valence-electron chi connectivity index (χ3n) is 2.52. The molecule has 0 atom stereocenters. The van der Waals surface area contributed by atoms with Gasteiger partial charge in [-0.3, -0.25) is 9.89 Å². The molecule has 1 rings (SSSR count). The van der Waals surface area contributed by atoms with Crippen molar-refractivity contribution in [1.82, 2.24) is 15.5 Å². The van der Waals surface area contributed by atoms with E-state index in [-0.39, 0.29) is 11.6 Å². The molecule has 0 fully saturated rings. The number of methoxy groups -OCH3 is 1. The van der Waals surface area contributed by atoms with E-state index >= 15 is 0 Å². The molecule has 0 radical (unpaired) electrons. The number of rotatable bonds is 7. The molecule has 0 saturated carbocycles. The Bertz CT molecular complexity index is 362. The maximum Gasteiger partial charge on any atom is 0.273 e. The van der Waals surface area contributed by atoms with E-state index in [1.165, 1.54) is 0 Å². The molecule has 0 unspecified atom stereocenters. The molecule has 4 N–H and O–H groups in total. The lowest BCUT2D eigenvalue weighted by molar-refractivity contribution is 0.0948. The lowest BCUT2D eigenvalue weighted by atomic mass is 10.2. The minimum atomic E-state index is -0.224. The number of nitrogens with one attached hydrogen (secondary N) is 2. The summed E-state index contributed by atoms with van der Waals surface area (Å²) in [6.07, 6.45) is 2.97. The number of carbonyl (C=O) groups is 1. The summed E-state index contributed by atoms with van der Waals surface area (Å²) in [7, 11) is 1.68. The Morgan fingerprint density at radius 3 is 2.82 bits per heavy atom. The first-order valence-electron chi connectivity index (χ1n) is 5.74. The van der Waals surface area contributed by atoms with Crippen molar-refractivity contribution in [1.29, 1.82) is 0 Å². The van der Waals surface area contributed by atoms with Gasteiger partial charge in [0.1, 0.15) is 0 Å². The summed E-state index contributed by atoms with van der Waals surface area (Å²) >= 11 is 0. The number of aryl methyl sites for hydroxylation is 1. The molecule has 0 aliphatic rings. The van der Waals surface area contributed by atoms with Crippen LogP contribution in [0.25, 0.3) is 0 Å². The van der Waals surface area contributed by atoms with Gasteiger partial charge in [0.05, 0.1) is 11.4 Å². The van der Waals surface area contributed by atoms with Crippen LogP contribution in [0.5, 0.6) is 0 Å². The van der Waals surface area contributed by atoms with E-state index in [4.69, 9.17) is 10.5 Å². The Balaban J connectivity index is 2.24. The quantitative estimate of drug-likeness (QED) is 0.616. The van der Waals surface area contributed by atoms with Crippen molar-refractivity contribution >= 4 is 11.6 Å². The van der Waals surface area contributed by atoms with Gasteiger partial charge in [0.25, 0.3) is 5.91 Å². The molecule has 1 aromatic rings. The second-order valence-corrected chi connectivity index (χ2v) is 3.92. The molecular formula is C11H20N4O2. The summed E-state index contributed by atoms with van der Waals surface area (Å²) in [4.78, 5) is 11.7. The summed E-state index contributed by atoms with van der Waals surface area (Å²) < 4.78 is 4.94. The van der Waals surface area contributed by atoms with Crippen molar-refractivity contribution in [3.05, 3.63) is 11.4 Å². The third kappa shape index (κ3) is 4.07. The van der Waals surface area contributed by atoms with Crippen LogP contribution in [-0.2, 0) is 4.74 Å². The average Bonchev–Trinajstić information content (AvgIpc) is 2.64. The highest BCUT2D eigenvalue weighted by Crippen LogP contribution is 2.11. The van der Waals surface area contributed by atoms with Crippen LogP contribution in [0.2, 0.25) is 0 Å². The third-order valence-corrected chi connectivity index (χ3v) is 2.52. The second kappa shape index (κ2) is 6.90. The number of nitrogens with zero attached hydrogens (tertiary/aromatic N) is 1. The van der Waals surface area contributed by atoms with Crippen LogP contribution in [0.4, 0.5) is 5.69 Å². The molecule has 0 spiro atoms. The Labute approximate surface area is 101 Å². The van der Waals surface area contributed by atoms with Gasteiger partial charge >= 0.3 is 0 Å². The van der Waals surface area contributed by atoms with Gasteiger partial charge in [-0.25, -0.2) is 0 Å². The number of aromatic amines is 1. The number of unbranched alkanes of at least 4 members (excludes halogenated alkanes) is 2. The zero-order valence-electron chi connectivity index (χ0n) is 10.4. The predicted molar refractivity (Wildman–Crippen MR) is 65.8 cm³/mol. The van der Waals surface area contributed by atoms with E-state index in [1.807, 2.05) is 0 Å². The van der Waals surface area contributed by atoms with Crippen LogP contribution in [-0.4, -0.2) is 36.4 Å². The van der Waals surface area contributed by atoms with Gasteiger partial charge in [0, 0.05) is 20.3 Å². The van der Waals surface area contributed by atoms with Gasteiger partial charge in [-0.15, -0.1) is 0 Å². The van der Waals surface area contributed by atoms with E-state index in [9.17, 15) is 4.79 Å². The highest BCUT2D eigenvalue weighted by Gasteiger charge is 2.14. The molecule has 0 bridgehead atoms. The van der Waals surface area contributed by atoms with Gasteiger partial charge in [-0.1, -0.05) is 0 Å². The number of carbonyl (C=O) groups excluding carboxylic acids is 1. The minimum Gasteiger partial charge on any atom is -0.395 e. The number of nitrogen functional groups attached to an aromatic ring is 1. The highest BCUT2D eigenvalue weighted by molar-refractivity contribution is 5.97. The molecule has 6 heteroatoms. The Morgan fingerprint density at radius 2 is 2.24 bits per heavy atom. The fourth-order valence-corrected chi connectivity index (χ4v) is 1.44. The van der Waals surface area contributed by atoms with Gasteiger partial charge in [0.2, 0.25) is 0 Å². The molecule has 96 valence electrons. The van der Waals surface area contributed by atoms with Crippen LogP contribution < -0.4 is 11.1 Å². The predicted octanol–water partition coefficient (Wildman–Crippen LogP) is 0.847. The molecule has 0 aliphatic carbocycles. The maximum absolute atomic E-state index is 11.7. The van der Waals surface area contributed by atoms with Crippen molar-refractivity contribution in [2.24, 2.45) is 0 Å². The number of hydrogen-bond donors (Lipinski definition) is 3.